The zero-order valence-electron chi connectivity index (χ0n) is 16.8. The Kier molecular flexibility index (Phi) is 6.49. The number of pyridine rings is 1. The number of ether oxygens (including phenoxy) is 1. The van der Waals surface area contributed by atoms with E-state index in [1.165, 1.54) is 6.20 Å². The summed E-state index contributed by atoms with van der Waals surface area (Å²) < 4.78 is 46.0. The van der Waals surface area contributed by atoms with Gasteiger partial charge in [-0.25, -0.2) is 9.97 Å². The standard InChI is InChI=1S/C21H22F3N5OS/c1-14-13-29(8-9-30-14)16(17-6-4-10-31-17)12-26-19-11-18(21(22,23)24)27-20(28-19)15-5-2-3-7-25-15/h2-7,10-11,14,16H,8-9,12-13H2,1H3,(H,26,27,28). The number of rotatable bonds is 6. The molecule has 3 aromatic rings. The number of hydrogen-bond acceptors (Lipinski definition) is 7. The Balaban J connectivity index is 1.61. The Hall–Kier alpha value is -2.56. The van der Waals surface area contributed by atoms with Crippen LogP contribution < -0.4 is 5.32 Å². The molecule has 31 heavy (non-hydrogen) atoms. The zero-order chi connectivity index (χ0) is 21.8. The Morgan fingerprint density at radius 3 is 2.81 bits per heavy atom. The molecule has 0 spiro atoms. The van der Waals surface area contributed by atoms with Crippen LogP contribution in [0.4, 0.5) is 19.0 Å². The summed E-state index contributed by atoms with van der Waals surface area (Å²) in [6, 6.07) is 9.91. The minimum Gasteiger partial charge on any atom is -0.376 e. The zero-order valence-corrected chi connectivity index (χ0v) is 17.7. The van der Waals surface area contributed by atoms with Crippen LogP contribution in [0.5, 0.6) is 0 Å². The van der Waals surface area contributed by atoms with Gasteiger partial charge in [0.2, 0.25) is 0 Å². The number of nitrogens with zero attached hydrogens (tertiary/aromatic N) is 4. The van der Waals surface area contributed by atoms with E-state index in [2.05, 4.69) is 25.2 Å². The van der Waals surface area contributed by atoms with E-state index in [1.54, 1.807) is 29.5 Å². The summed E-state index contributed by atoms with van der Waals surface area (Å²) in [6.45, 7) is 4.55. The van der Waals surface area contributed by atoms with Crippen molar-refractivity contribution < 1.29 is 17.9 Å². The number of thiophene rings is 1. The Bertz CT molecular complexity index is 984. The molecular weight excluding hydrogens is 427 g/mol. The lowest BCUT2D eigenvalue weighted by molar-refractivity contribution is -0.141. The molecule has 2 atom stereocenters. The molecule has 0 saturated carbocycles. The SMILES string of the molecule is CC1CN(C(CNc2cc(C(F)(F)F)nc(-c3ccccn3)n2)c2cccs2)CCO1. The molecule has 4 rings (SSSR count). The van der Waals surface area contributed by atoms with Crippen LogP contribution >= 0.6 is 11.3 Å². The largest absolute Gasteiger partial charge is 0.433 e. The van der Waals surface area contributed by atoms with Gasteiger partial charge in [0, 0.05) is 36.8 Å². The van der Waals surface area contributed by atoms with Crippen molar-refractivity contribution in [2.24, 2.45) is 0 Å². The highest BCUT2D eigenvalue weighted by Gasteiger charge is 2.34. The Labute approximate surface area is 182 Å². The van der Waals surface area contributed by atoms with Gasteiger partial charge in [-0.1, -0.05) is 12.1 Å². The molecule has 1 N–H and O–H groups in total. The first kappa shape index (κ1) is 21.7. The lowest BCUT2D eigenvalue weighted by atomic mass is 10.1. The molecule has 1 aliphatic rings. The minimum absolute atomic E-state index is 0.00560. The molecule has 164 valence electrons. The molecule has 6 nitrogen and oxygen atoms in total. The van der Waals surface area contributed by atoms with Gasteiger partial charge in [-0.2, -0.15) is 13.2 Å². The molecule has 0 bridgehead atoms. The molecule has 10 heteroatoms. The van der Waals surface area contributed by atoms with Gasteiger partial charge >= 0.3 is 6.18 Å². The smallest absolute Gasteiger partial charge is 0.376 e. The first-order valence-corrected chi connectivity index (χ1v) is 10.8. The second-order valence-corrected chi connectivity index (χ2v) is 8.24. The van der Waals surface area contributed by atoms with Crippen LogP contribution in [0, 0.1) is 0 Å². The molecule has 0 radical (unpaired) electrons. The molecule has 0 amide bonds. The fraction of sp³-hybridized carbons (Fsp3) is 0.381. The van der Waals surface area contributed by atoms with Gasteiger partial charge in [0.1, 0.15) is 11.5 Å². The number of alkyl halides is 3. The third-order valence-electron chi connectivity index (χ3n) is 4.97. The number of nitrogens with one attached hydrogen (secondary N) is 1. The maximum absolute atomic E-state index is 13.5. The predicted molar refractivity (Wildman–Crippen MR) is 113 cm³/mol. The summed E-state index contributed by atoms with van der Waals surface area (Å²) in [5, 5.41) is 5.11. The van der Waals surface area contributed by atoms with Crippen LogP contribution in [0.3, 0.4) is 0 Å². The van der Waals surface area contributed by atoms with Crippen molar-refractivity contribution in [2.75, 3.05) is 31.6 Å². The summed E-state index contributed by atoms with van der Waals surface area (Å²) in [7, 11) is 0. The van der Waals surface area contributed by atoms with Gasteiger partial charge in [-0.15, -0.1) is 11.3 Å². The molecule has 1 fully saturated rings. The quantitative estimate of drug-likeness (QED) is 0.598. The van der Waals surface area contributed by atoms with E-state index < -0.39 is 11.9 Å². The summed E-state index contributed by atoms with van der Waals surface area (Å²) in [6.07, 6.45) is -2.99. The number of hydrogen-bond donors (Lipinski definition) is 1. The topological polar surface area (TPSA) is 63.2 Å². The highest BCUT2D eigenvalue weighted by atomic mass is 32.1. The molecule has 4 heterocycles. The van der Waals surface area contributed by atoms with Crippen molar-refractivity contribution in [3.05, 3.63) is 58.5 Å². The predicted octanol–water partition coefficient (Wildman–Crippen LogP) is 4.49. The molecule has 0 aliphatic carbocycles. The van der Waals surface area contributed by atoms with Crippen LogP contribution in [0.1, 0.15) is 23.5 Å². The average Bonchev–Trinajstić information content (AvgIpc) is 3.28. The average molecular weight is 450 g/mol. The van der Waals surface area contributed by atoms with Crippen LogP contribution in [0.25, 0.3) is 11.5 Å². The van der Waals surface area contributed by atoms with E-state index in [9.17, 15) is 13.2 Å². The Morgan fingerprint density at radius 2 is 2.13 bits per heavy atom. The van der Waals surface area contributed by atoms with E-state index in [-0.39, 0.29) is 29.5 Å². The fourth-order valence-electron chi connectivity index (χ4n) is 3.51. The first-order chi connectivity index (χ1) is 14.9. The molecule has 3 aromatic heterocycles. The van der Waals surface area contributed by atoms with E-state index in [0.29, 0.717) is 13.2 Å². The van der Waals surface area contributed by atoms with Gasteiger partial charge in [-0.05, 0) is 30.5 Å². The number of anilines is 1. The van der Waals surface area contributed by atoms with Gasteiger partial charge in [0.05, 0.1) is 18.8 Å². The lowest BCUT2D eigenvalue weighted by Gasteiger charge is -2.37. The van der Waals surface area contributed by atoms with Crippen LogP contribution in [-0.2, 0) is 10.9 Å². The lowest BCUT2D eigenvalue weighted by Crippen LogP contribution is -2.44. The summed E-state index contributed by atoms with van der Waals surface area (Å²) in [5.41, 5.74) is -0.716. The highest BCUT2D eigenvalue weighted by molar-refractivity contribution is 7.10. The van der Waals surface area contributed by atoms with Gasteiger partial charge in [0.25, 0.3) is 0 Å². The molecule has 0 aromatic carbocycles. The minimum atomic E-state index is -4.59. The maximum atomic E-state index is 13.5. The highest BCUT2D eigenvalue weighted by Crippen LogP contribution is 2.31. The van der Waals surface area contributed by atoms with Crippen molar-refractivity contribution >= 4 is 17.2 Å². The molecule has 1 saturated heterocycles. The second-order valence-electron chi connectivity index (χ2n) is 7.26. The van der Waals surface area contributed by atoms with Gasteiger partial charge in [-0.3, -0.25) is 9.88 Å². The van der Waals surface area contributed by atoms with Crippen molar-refractivity contribution in [3.63, 3.8) is 0 Å². The van der Waals surface area contributed by atoms with E-state index in [4.69, 9.17) is 4.74 Å². The van der Waals surface area contributed by atoms with Gasteiger partial charge < -0.3 is 10.1 Å². The first-order valence-electron chi connectivity index (χ1n) is 9.91. The van der Waals surface area contributed by atoms with Crippen LogP contribution in [-0.4, -0.2) is 52.2 Å². The van der Waals surface area contributed by atoms with Crippen LogP contribution in [0.15, 0.2) is 48.0 Å². The number of morpholine rings is 1. The summed E-state index contributed by atoms with van der Waals surface area (Å²) >= 11 is 1.62. The van der Waals surface area contributed by atoms with Crippen molar-refractivity contribution in [2.45, 2.75) is 25.2 Å². The maximum Gasteiger partial charge on any atom is 0.433 e. The summed E-state index contributed by atoms with van der Waals surface area (Å²) in [5.74, 6) is 0.0523. The normalized spacial score (nSPS) is 18.6. The van der Waals surface area contributed by atoms with E-state index in [0.717, 1.165) is 24.0 Å². The monoisotopic (exact) mass is 449 g/mol. The number of aromatic nitrogens is 3. The van der Waals surface area contributed by atoms with Crippen molar-refractivity contribution in [1.29, 1.82) is 0 Å². The molecule has 2 unspecified atom stereocenters. The third kappa shape index (κ3) is 5.38. The second kappa shape index (κ2) is 9.29. The van der Waals surface area contributed by atoms with Gasteiger partial charge in [0.15, 0.2) is 11.5 Å². The van der Waals surface area contributed by atoms with E-state index >= 15 is 0 Å². The molecular formula is C21H22F3N5OS. The Morgan fingerprint density at radius 1 is 1.26 bits per heavy atom. The van der Waals surface area contributed by atoms with Crippen molar-refractivity contribution in [1.82, 2.24) is 19.9 Å². The number of halogens is 3. The summed E-state index contributed by atoms with van der Waals surface area (Å²) in [4.78, 5) is 15.5. The van der Waals surface area contributed by atoms with E-state index in [1.807, 2.05) is 24.4 Å². The van der Waals surface area contributed by atoms with Crippen molar-refractivity contribution in [3.8, 4) is 11.5 Å². The fourth-order valence-corrected chi connectivity index (χ4v) is 4.37. The van der Waals surface area contributed by atoms with Crippen LogP contribution in [0.2, 0.25) is 0 Å². The molecule has 1 aliphatic heterocycles. The third-order valence-corrected chi connectivity index (χ3v) is 5.95.